The molecule has 1 fully saturated rings. The molecule has 0 bridgehead atoms. The molecular weight excluding hydrogens is 278 g/mol. The Morgan fingerprint density at radius 3 is 3.09 bits per heavy atom. The highest BCUT2D eigenvalue weighted by molar-refractivity contribution is 5.12. The lowest BCUT2D eigenvalue weighted by atomic mass is 9.97. The highest BCUT2D eigenvalue weighted by Gasteiger charge is 2.29. The van der Waals surface area contributed by atoms with Gasteiger partial charge < -0.3 is 10.1 Å². The minimum Gasteiger partial charge on any atom is -0.372 e. The first-order valence-electron chi connectivity index (χ1n) is 8.06. The van der Waals surface area contributed by atoms with Crippen LogP contribution in [0.4, 0.5) is 0 Å². The molecule has 6 heteroatoms. The lowest BCUT2D eigenvalue weighted by Crippen LogP contribution is -2.44. The Labute approximate surface area is 131 Å². The number of nitrogens with zero attached hydrogens (tertiary/aromatic N) is 4. The van der Waals surface area contributed by atoms with E-state index in [2.05, 4.69) is 28.6 Å². The summed E-state index contributed by atoms with van der Waals surface area (Å²) in [5.41, 5.74) is 1.17. The molecule has 1 aliphatic heterocycles. The fraction of sp³-hybridized carbons (Fsp3) is 0.625. The Balaban J connectivity index is 1.56. The molecule has 0 aliphatic carbocycles. The van der Waals surface area contributed by atoms with Crippen LogP contribution in [0.15, 0.2) is 30.9 Å². The molecule has 0 spiro atoms. The Morgan fingerprint density at radius 1 is 1.45 bits per heavy atom. The number of ether oxygens (including phenoxy) is 1. The van der Waals surface area contributed by atoms with Crippen LogP contribution < -0.4 is 5.32 Å². The summed E-state index contributed by atoms with van der Waals surface area (Å²) in [5.74, 6) is 0. The second-order valence-corrected chi connectivity index (χ2v) is 6.11. The summed E-state index contributed by atoms with van der Waals surface area (Å²) in [6, 6.07) is 2.74. The molecule has 2 aromatic heterocycles. The van der Waals surface area contributed by atoms with Gasteiger partial charge in [-0.3, -0.25) is 9.36 Å². The lowest BCUT2D eigenvalue weighted by Gasteiger charge is -2.34. The fourth-order valence-electron chi connectivity index (χ4n) is 3.07. The summed E-state index contributed by atoms with van der Waals surface area (Å²) < 4.78 is 9.83. The third-order valence-corrected chi connectivity index (χ3v) is 4.22. The highest BCUT2D eigenvalue weighted by atomic mass is 16.5. The number of hydrogen-bond acceptors (Lipinski definition) is 4. The first kappa shape index (κ1) is 15.2. The van der Waals surface area contributed by atoms with Crippen LogP contribution in [-0.2, 0) is 18.3 Å². The lowest BCUT2D eigenvalue weighted by molar-refractivity contribution is -0.0137. The smallest absolute Gasteiger partial charge is 0.101 e. The first-order valence-corrected chi connectivity index (χ1v) is 8.06. The number of aromatic nitrogens is 4. The van der Waals surface area contributed by atoms with Crippen LogP contribution in [0.1, 0.15) is 37.9 Å². The number of rotatable bonds is 6. The summed E-state index contributed by atoms with van der Waals surface area (Å²) in [6.45, 7) is 4.00. The zero-order valence-corrected chi connectivity index (χ0v) is 13.4. The molecule has 2 aromatic rings. The van der Waals surface area contributed by atoms with Crippen LogP contribution in [0, 0.1) is 0 Å². The SMILES string of the molecule is CC(CCn1cccn1)N[C@H]1CCCO[C@@H]1c1cnn(C)c1. The van der Waals surface area contributed by atoms with E-state index < -0.39 is 0 Å². The maximum absolute atomic E-state index is 6.01. The highest BCUT2D eigenvalue weighted by Crippen LogP contribution is 2.28. The Morgan fingerprint density at radius 2 is 2.36 bits per heavy atom. The van der Waals surface area contributed by atoms with E-state index in [1.165, 1.54) is 5.56 Å². The molecule has 1 N–H and O–H groups in total. The van der Waals surface area contributed by atoms with Crippen molar-refractivity contribution in [2.24, 2.45) is 7.05 Å². The number of hydrogen-bond donors (Lipinski definition) is 1. The van der Waals surface area contributed by atoms with Gasteiger partial charge in [0.05, 0.1) is 6.20 Å². The van der Waals surface area contributed by atoms with E-state index in [1.54, 1.807) is 0 Å². The van der Waals surface area contributed by atoms with Crippen LogP contribution in [0.3, 0.4) is 0 Å². The molecule has 1 unspecified atom stereocenters. The zero-order valence-electron chi connectivity index (χ0n) is 13.4. The Hall–Kier alpha value is -1.66. The summed E-state index contributed by atoms with van der Waals surface area (Å²) in [7, 11) is 1.95. The van der Waals surface area contributed by atoms with E-state index in [9.17, 15) is 0 Å². The van der Waals surface area contributed by atoms with E-state index in [-0.39, 0.29) is 6.10 Å². The third kappa shape index (κ3) is 3.75. The van der Waals surface area contributed by atoms with Crippen LogP contribution in [0.2, 0.25) is 0 Å². The molecule has 22 heavy (non-hydrogen) atoms. The average Bonchev–Trinajstić information content (AvgIpc) is 3.17. The van der Waals surface area contributed by atoms with E-state index >= 15 is 0 Å². The maximum atomic E-state index is 6.01. The summed E-state index contributed by atoms with van der Waals surface area (Å²) in [4.78, 5) is 0. The van der Waals surface area contributed by atoms with Gasteiger partial charge in [0.15, 0.2) is 0 Å². The minimum absolute atomic E-state index is 0.106. The van der Waals surface area contributed by atoms with Crippen molar-refractivity contribution in [1.82, 2.24) is 24.9 Å². The summed E-state index contributed by atoms with van der Waals surface area (Å²) in [5, 5.41) is 12.3. The van der Waals surface area contributed by atoms with Crippen LogP contribution in [0.25, 0.3) is 0 Å². The molecule has 1 aliphatic rings. The zero-order chi connectivity index (χ0) is 15.4. The molecule has 3 atom stereocenters. The van der Waals surface area contributed by atoms with Gasteiger partial charge in [-0.1, -0.05) is 0 Å². The van der Waals surface area contributed by atoms with Gasteiger partial charge in [0, 0.05) is 56.4 Å². The van der Waals surface area contributed by atoms with Gasteiger partial charge in [-0.2, -0.15) is 10.2 Å². The predicted molar refractivity (Wildman–Crippen MR) is 84.4 cm³/mol. The summed E-state index contributed by atoms with van der Waals surface area (Å²) >= 11 is 0. The van der Waals surface area contributed by atoms with Crippen molar-refractivity contribution in [2.45, 2.75) is 50.9 Å². The average molecular weight is 303 g/mol. The fourth-order valence-corrected chi connectivity index (χ4v) is 3.07. The molecular formula is C16H25N5O. The van der Waals surface area contributed by atoms with E-state index in [0.717, 1.165) is 32.4 Å². The largest absolute Gasteiger partial charge is 0.372 e. The quantitative estimate of drug-likeness (QED) is 0.885. The topological polar surface area (TPSA) is 56.9 Å². The molecule has 0 aromatic carbocycles. The van der Waals surface area contributed by atoms with Crippen molar-refractivity contribution in [2.75, 3.05) is 6.61 Å². The second-order valence-electron chi connectivity index (χ2n) is 6.11. The monoisotopic (exact) mass is 303 g/mol. The van der Waals surface area contributed by atoms with Gasteiger partial charge in [-0.05, 0) is 32.3 Å². The van der Waals surface area contributed by atoms with E-state index in [0.29, 0.717) is 12.1 Å². The normalized spacial score (nSPS) is 23.5. The van der Waals surface area contributed by atoms with Crippen molar-refractivity contribution in [3.05, 3.63) is 36.4 Å². The van der Waals surface area contributed by atoms with Gasteiger partial charge >= 0.3 is 0 Å². The van der Waals surface area contributed by atoms with Crippen molar-refractivity contribution >= 4 is 0 Å². The molecule has 6 nitrogen and oxygen atoms in total. The Bertz CT molecular complexity index is 565. The van der Waals surface area contributed by atoms with Gasteiger partial charge in [0.25, 0.3) is 0 Å². The van der Waals surface area contributed by atoms with Crippen molar-refractivity contribution in [3.8, 4) is 0 Å². The van der Waals surface area contributed by atoms with Crippen LogP contribution in [-0.4, -0.2) is 38.3 Å². The van der Waals surface area contributed by atoms with Gasteiger partial charge in [-0.25, -0.2) is 0 Å². The number of aryl methyl sites for hydroxylation is 2. The molecule has 120 valence electrons. The molecule has 1 saturated heterocycles. The maximum Gasteiger partial charge on any atom is 0.101 e. The van der Waals surface area contributed by atoms with E-state index in [1.807, 2.05) is 41.1 Å². The second kappa shape index (κ2) is 7.07. The van der Waals surface area contributed by atoms with Gasteiger partial charge in [0.1, 0.15) is 6.10 Å². The minimum atomic E-state index is 0.106. The van der Waals surface area contributed by atoms with Crippen molar-refractivity contribution in [1.29, 1.82) is 0 Å². The Kier molecular flexibility index (Phi) is 4.90. The predicted octanol–water partition coefficient (Wildman–Crippen LogP) is 1.91. The molecule has 0 amide bonds. The third-order valence-electron chi connectivity index (χ3n) is 4.22. The van der Waals surface area contributed by atoms with Crippen LogP contribution >= 0.6 is 0 Å². The molecule has 3 heterocycles. The first-order chi connectivity index (χ1) is 10.7. The molecule has 0 radical (unpaired) electrons. The standard InChI is InChI=1S/C16H25N5O/c1-13(6-9-21-8-4-7-17-21)19-15-5-3-10-22-16(15)14-11-18-20(2)12-14/h4,7-8,11-13,15-16,19H,3,5-6,9-10H2,1-2H3/t13?,15-,16+/m0/s1. The molecule has 0 saturated carbocycles. The van der Waals surface area contributed by atoms with Crippen LogP contribution in [0.5, 0.6) is 0 Å². The van der Waals surface area contributed by atoms with E-state index in [4.69, 9.17) is 4.74 Å². The van der Waals surface area contributed by atoms with Gasteiger partial charge in [-0.15, -0.1) is 0 Å². The van der Waals surface area contributed by atoms with Crippen molar-refractivity contribution < 1.29 is 4.74 Å². The van der Waals surface area contributed by atoms with Gasteiger partial charge in [0.2, 0.25) is 0 Å². The number of nitrogens with one attached hydrogen (secondary N) is 1. The summed E-state index contributed by atoms with van der Waals surface area (Å²) in [6.07, 6.45) is 11.2. The van der Waals surface area contributed by atoms with Crippen molar-refractivity contribution in [3.63, 3.8) is 0 Å². The molecule has 3 rings (SSSR count).